The van der Waals surface area contributed by atoms with Gasteiger partial charge in [0.2, 0.25) is 8.32 Å². The van der Waals surface area contributed by atoms with Gasteiger partial charge < -0.3 is 9.16 Å². The van der Waals surface area contributed by atoms with E-state index < -0.39 is 20.0 Å². The van der Waals surface area contributed by atoms with E-state index in [0.717, 1.165) is 21.0 Å². The number of benzene rings is 2. The van der Waals surface area contributed by atoms with Crippen LogP contribution in [0.3, 0.4) is 0 Å². The molecule has 2 rings (SSSR count). The number of amides is 1. The number of hydrogen-bond acceptors (Lipinski definition) is 3. The smallest absolute Gasteiger partial charge is 0.412 e. The molecule has 1 N–H and O–H groups in total. The number of carbonyl (C=O) groups excluding carboxylic acids is 1. The number of fused-ring (bicyclic) bond motifs is 1. The topological polar surface area (TPSA) is 47.6 Å². The molecule has 4 nitrogen and oxygen atoms in total. The molecule has 0 saturated heterocycles. The summed E-state index contributed by atoms with van der Waals surface area (Å²) in [4.78, 5) is 12.3. The van der Waals surface area contributed by atoms with Crippen LogP contribution in [0.4, 0.5) is 10.5 Å². The predicted octanol–water partition coefficient (Wildman–Crippen LogP) is 7.33. The third-order valence-electron chi connectivity index (χ3n) is 4.75. The average molecular weight is 452 g/mol. The summed E-state index contributed by atoms with van der Waals surface area (Å²) in [6, 6.07) is 9.94. The Morgan fingerprint density at radius 2 is 1.63 bits per heavy atom. The SMILES string of the molecule is CC(C)(C)OC(=O)Nc1c(Br)ccc2ccc(O[Si](C)(C)C(C)(C)C)cc12. The van der Waals surface area contributed by atoms with Gasteiger partial charge in [0.1, 0.15) is 11.4 Å². The van der Waals surface area contributed by atoms with Gasteiger partial charge in [0.05, 0.1) is 5.69 Å². The first-order chi connectivity index (χ1) is 12.2. The summed E-state index contributed by atoms with van der Waals surface area (Å²) in [6.07, 6.45) is -0.480. The summed E-state index contributed by atoms with van der Waals surface area (Å²) in [6.45, 7) is 16.6. The Hall–Kier alpha value is -1.53. The van der Waals surface area contributed by atoms with Gasteiger partial charge in [-0.25, -0.2) is 4.79 Å². The first-order valence-corrected chi connectivity index (χ1v) is 12.8. The zero-order valence-electron chi connectivity index (χ0n) is 17.5. The van der Waals surface area contributed by atoms with Crippen LogP contribution in [0.1, 0.15) is 41.5 Å². The number of carbonyl (C=O) groups is 1. The van der Waals surface area contributed by atoms with Crippen LogP contribution in [0.15, 0.2) is 34.8 Å². The van der Waals surface area contributed by atoms with Crippen LogP contribution in [0, 0.1) is 0 Å². The third kappa shape index (κ3) is 5.48. The lowest BCUT2D eigenvalue weighted by molar-refractivity contribution is 0.0636. The van der Waals surface area contributed by atoms with E-state index in [4.69, 9.17) is 9.16 Å². The van der Waals surface area contributed by atoms with E-state index >= 15 is 0 Å². The van der Waals surface area contributed by atoms with Gasteiger partial charge in [0, 0.05) is 9.86 Å². The van der Waals surface area contributed by atoms with Gasteiger partial charge in [-0.2, -0.15) is 0 Å². The molecule has 0 saturated carbocycles. The molecule has 0 fully saturated rings. The molecule has 0 aromatic heterocycles. The number of rotatable bonds is 3. The van der Waals surface area contributed by atoms with Crippen LogP contribution in [-0.2, 0) is 4.74 Å². The molecule has 0 bridgehead atoms. The van der Waals surface area contributed by atoms with Gasteiger partial charge in [0.25, 0.3) is 0 Å². The van der Waals surface area contributed by atoms with Crippen molar-refractivity contribution in [2.24, 2.45) is 0 Å². The second-order valence-corrected chi connectivity index (χ2v) is 14.9. The van der Waals surface area contributed by atoms with E-state index in [1.807, 2.05) is 51.1 Å². The average Bonchev–Trinajstić information content (AvgIpc) is 2.47. The molecule has 0 unspecified atom stereocenters. The van der Waals surface area contributed by atoms with E-state index in [9.17, 15) is 4.79 Å². The van der Waals surface area contributed by atoms with Gasteiger partial charge in [-0.1, -0.05) is 32.9 Å². The van der Waals surface area contributed by atoms with Crippen LogP contribution < -0.4 is 9.74 Å². The summed E-state index contributed by atoms with van der Waals surface area (Å²) < 4.78 is 12.6. The molecule has 0 spiro atoms. The molecule has 0 radical (unpaired) electrons. The van der Waals surface area contributed by atoms with Crippen molar-refractivity contribution in [3.05, 3.63) is 34.8 Å². The summed E-state index contributed by atoms with van der Waals surface area (Å²) in [5.41, 5.74) is 0.125. The standard InChI is InChI=1S/C21H30BrNO3Si/c1-20(2,3)25-19(24)23-18-16-13-15(26-27(7,8)21(4,5)6)11-9-14(16)10-12-17(18)22/h9-13H,1-8H3,(H,23,24). The maximum atomic E-state index is 12.3. The van der Waals surface area contributed by atoms with E-state index in [0.29, 0.717) is 5.69 Å². The highest BCUT2D eigenvalue weighted by molar-refractivity contribution is 9.10. The summed E-state index contributed by atoms with van der Waals surface area (Å²) >= 11 is 3.54. The van der Waals surface area contributed by atoms with Gasteiger partial charge in [-0.3, -0.25) is 5.32 Å². The van der Waals surface area contributed by atoms with Crippen LogP contribution in [0.2, 0.25) is 18.1 Å². The van der Waals surface area contributed by atoms with Crippen LogP contribution in [0.5, 0.6) is 5.75 Å². The maximum Gasteiger partial charge on any atom is 0.412 e. The number of anilines is 1. The Labute approximate surface area is 171 Å². The van der Waals surface area contributed by atoms with Crippen molar-refractivity contribution in [3.63, 3.8) is 0 Å². The van der Waals surface area contributed by atoms with Gasteiger partial charge in [0.15, 0.2) is 0 Å². The van der Waals surface area contributed by atoms with Crippen LogP contribution in [0.25, 0.3) is 10.8 Å². The second kappa shape index (κ2) is 7.47. The minimum absolute atomic E-state index is 0.108. The van der Waals surface area contributed by atoms with Crippen molar-refractivity contribution >= 4 is 46.8 Å². The highest BCUT2D eigenvalue weighted by Crippen LogP contribution is 2.39. The molecule has 6 heteroatoms. The first kappa shape index (κ1) is 21.8. The Morgan fingerprint density at radius 3 is 2.19 bits per heavy atom. The molecule has 0 aliphatic rings. The molecule has 1 amide bonds. The number of ether oxygens (including phenoxy) is 1. The lowest BCUT2D eigenvalue weighted by Gasteiger charge is -2.36. The lowest BCUT2D eigenvalue weighted by atomic mass is 10.1. The summed E-state index contributed by atoms with van der Waals surface area (Å²) in [5.74, 6) is 0.819. The number of halogens is 1. The molecule has 0 aliphatic heterocycles. The zero-order chi connectivity index (χ0) is 20.6. The largest absolute Gasteiger partial charge is 0.543 e. The Bertz CT molecular complexity index is 851. The second-order valence-electron chi connectivity index (χ2n) is 9.29. The molecule has 0 heterocycles. The minimum Gasteiger partial charge on any atom is -0.543 e. The van der Waals surface area contributed by atoms with Crippen molar-refractivity contribution in [1.29, 1.82) is 0 Å². The predicted molar refractivity (Wildman–Crippen MR) is 119 cm³/mol. The van der Waals surface area contributed by atoms with Gasteiger partial charge >= 0.3 is 6.09 Å². The molecular formula is C21H30BrNO3Si. The van der Waals surface area contributed by atoms with Crippen molar-refractivity contribution < 1.29 is 14.0 Å². The fraction of sp³-hybridized carbons (Fsp3) is 0.476. The van der Waals surface area contributed by atoms with E-state index in [1.165, 1.54) is 0 Å². The van der Waals surface area contributed by atoms with Gasteiger partial charge in [-0.05, 0) is 78.4 Å². The highest BCUT2D eigenvalue weighted by atomic mass is 79.9. The van der Waals surface area contributed by atoms with Gasteiger partial charge in [-0.15, -0.1) is 0 Å². The Morgan fingerprint density at radius 1 is 1.04 bits per heavy atom. The quantitative estimate of drug-likeness (QED) is 0.496. The molecule has 0 atom stereocenters. The third-order valence-corrected chi connectivity index (χ3v) is 9.77. The monoisotopic (exact) mass is 451 g/mol. The molecule has 27 heavy (non-hydrogen) atoms. The number of hydrogen-bond donors (Lipinski definition) is 1. The minimum atomic E-state index is -1.95. The van der Waals surface area contributed by atoms with Crippen molar-refractivity contribution in [2.45, 2.75) is 65.3 Å². The fourth-order valence-electron chi connectivity index (χ4n) is 2.32. The lowest BCUT2D eigenvalue weighted by Crippen LogP contribution is -2.43. The van der Waals surface area contributed by atoms with Crippen LogP contribution >= 0.6 is 15.9 Å². The fourth-order valence-corrected chi connectivity index (χ4v) is 3.78. The Kier molecular flexibility index (Phi) is 6.02. The molecular weight excluding hydrogens is 422 g/mol. The van der Waals surface area contributed by atoms with E-state index in [1.54, 1.807) is 0 Å². The summed E-state index contributed by atoms with van der Waals surface area (Å²) in [7, 11) is -1.95. The van der Waals surface area contributed by atoms with Crippen LogP contribution in [-0.4, -0.2) is 20.0 Å². The number of nitrogens with one attached hydrogen (secondary N) is 1. The normalized spacial score (nSPS) is 12.8. The first-order valence-electron chi connectivity index (χ1n) is 9.11. The molecule has 2 aromatic carbocycles. The zero-order valence-corrected chi connectivity index (χ0v) is 20.1. The molecule has 0 aliphatic carbocycles. The molecule has 2 aromatic rings. The Balaban J connectivity index is 2.43. The summed E-state index contributed by atoms with van der Waals surface area (Å²) in [5, 5.41) is 4.91. The van der Waals surface area contributed by atoms with Crippen molar-refractivity contribution in [2.75, 3.05) is 5.32 Å². The van der Waals surface area contributed by atoms with Crippen molar-refractivity contribution in [1.82, 2.24) is 0 Å². The van der Waals surface area contributed by atoms with E-state index in [2.05, 4.69) is 55.1 Å². The molecule has 148 valence electrons. The van der Waals surface area contributed by atoms with Crippen molar-refractivity contribution in [3.8, 4) is 5.75 Å². The van der Waals surface area contributed by atoms with E-state index in [-0.39, 0.29) is 5.04 Å². The maximum absolute atomic E-state index is 12.3. The highest BCUT2D eigenvalue weighted by Gasteiger charge is 2.39.